The third-order valence-corrected chi connectivity index (χ3v) is 5.28. The molecule has 8 nitrogen and oxygen atoms in total. The Morgan fingerprint density at radius 1 is 1.22 bits per heavy atom. The van der Waals surface area contributed by atoms with Crippen LogP contribution in [-0.2, 0) is 4.79 Å². The van der Waals surface area contributed by atoms with Gasteiger partial charge < -0.3 is 16.0 Å². The molecule has 1 amide bonds. The average Bonchev–Trinajstić information content (AvgIpc) is 3.19. The van der Waals surface area contributed by atoms with E-state index in [1.54, 1.807) is 17.3 Å². The molecule has 0 spiro atoms. The number of aryl methyl sites for hydroxylation is 1. The highest BCUT2D eigenvalue weighted by molar-refractivity contribution is 6.07. The standard InChI is InChI=1S/C19H23N7O/c1-13-2-3-15(23-10-13)26(17-14-4-7-22-16(14)24-12-25-17)18(27)19(11-20)5-8-21-9-6-19/h2-4,7,10,12,21H,5-6,8-9,11,20H2,1H3,(H,22,24,25). The first-order chi connectivity index (χ1) is 13.1. The van der Waals surface area contributed by atoms with Crippen molar-refractivity contribution in [2.75, 3.05) is 24.5 Å². The number of rotatable bonds is 4. The van der Waals surface area contributed by atoms with E-state index in [1.807, 2.05) is 25.1 Å². The van der Waals surface area contributed by atoms with Crippen molar-refractivity contribution in [2.24, 2.45) is 11.1 Å². The number of H-pyrrole nitrogens is 1. The van der Waals surface area contributed by atoms with Gasteiger partial charge in [-0.05, 0) is 50.6 Å². The minimum atomic E-state index is -0.634. The Morgan fingerprint density at radius 2 is 2.04 bits per heavy atom. The van der Waals surface area contributed by atoms with Crippen molar-refractivity contribution in [3.05, 3.63) is 42.5 Å². The molecule has 0 saturated carbocycles. The molecule has 4 heterocycles. The molecule has 8 heteroatoms. The molecule has 1 aliphatic rings. The van der Waals surface area contributed by atoms with Crippen LogP contribution in [0, 0.1) is 12.3 Å². The predicted octanol–water partition coefficient (Wildman–Crippen LogP) is 1.65. The second-order valence-electron chi connectivity index (χ2n) is 7.01. The monoisotopic (exact) mass is 365 g/mol. The highest BCUT2D eigenvalue weighted by Gasteiger charge is 2.43. The molecule has 0 bridgehead atoms. The smallest absolute Gasteiger partial charge is 0.241 e. The zero-order valence-corrected chi connectivity index (χ0v) is 15.3. The van der Waals surface area contributed by atoms with Crippen LogP contribution in [0.25, 0.3) is 11.0 Å². The van der Waals surface area contributed by atoms with E-state index in [1.165, 1.54) is 6.33 Å². The Balaban J connectivity index is 1.87. The van der Waals surface area contributed by atoms with Crippen LogP contribution >= 0.6 is 0 Å². The lowest BCUT2D eigenvalue weighted by atomic mass is 9.77. The average molecular weight is 365 g/mol. The highest BCUT2D eigenvalue weighted by atomic mass is 16.2. The molecule has 4 rings (SSSR count). The molecule has 140 valence electrons. The first-order valence-corrected chi connectivity index (χ1v) is 9.11. The van der Waals surface area contributed by atoms with E-state index in [2.05, 4.69) is 25.3 Å². The number of carbonyl (C=O) groups is 1. The van der Waals surface area contributed by atoms with Crippen molar-refractivity contribution < 1.29 is 4.79 Å². The maximum atomic E-state index is 13.8. The van der Waals surface area contributed by atoms with E-state index in [4.69, 9.17) is 5.73 Å². The Morgan fingerprint density at radius 3 is 2.74 bits per heavy atom. The first kappa shape index (κ1) is 17.6. The van der Waals surface area contributed by atoms with Crippen molar-refractivity contribution in [2.45, 2.75) is 19.8 Å². The van der Waals surface area contributed by atoms with Gasteiger partial charge in [-0.15, -0.1) is 0 Å². The van der Waals surface area contributed by atoms with Crippen molar-refractivity contribution in [1.82, 2.24) is 25.3 Å². The number of hydrogen-bond donors (Lipinski definition) is 3. The molecule has 27 heavy (non-hydrogen) atoms. The second kappa shape index (κ2) is 7.05. The van der Waals surface area contributed by atoms with Crippen molar-refractivity contribution in [3.8, 4) is 0 Å². The molecule has 0 radical (unpaired) electrons. The number of anilines is 2. The van der Waals surface area contributed by atoms with Gasteiger partial charge in [-0.3, -0.25) is 4.79 Å². The van der Waals surface area contributed by atoms with Gasteiger partial charge in [0.2, 0.25) is 5.91 Å². The normalized spacial score (nSPS) is 16.4. The van der Waals surface area contributed by atoms with Gasteiger partial charge in [-0.1, -0.05) is 6.07 Å². The number of amides is 1. The summed E-state index contributed by atoms with van der Waals surface area (Å²) in [4.78, 5) is 31.7. The van der Waals surface area contributed by atoms with Crippen LogP contribution in [0.5, 0.6) is 0 Å². The molecule has 3 aromatic heterocycles. The van der Waals surface area contributed by atoms with Crippen LogP contribution in [-0.4, -0.2) is 45.5 Å². The Labute approximate surface area is 157 Å². The lowest BCUT2D eigenvalue weighted by molar-refractivity contribution is -0.128. The van der Waals surface area contributed by atoms with Gasteiger partial charge in [0.05, 0.1) is 10.8 Å². The Bertz CT molecular complexity index is 944. The van der Waals surface area contributed by atoms with Gasteiger partial charge in [-0.25, -0.2) is 19.9 Å². The van der Waals surface area contributed by atoms with E-state index in [9.17, 15) is 4.79 Å². The van der Waals surface area contributed by atoms with Crippen LogP contribution in [0.4, 0.5) is 11.6 Å². The maximum Gasteiger partial charge on any atom is 0.241 e. The van der Waals surface area contributed by atoms with Gasteiger partial charge >= 0.3 is 0 Å². The Kier molecular flexibility index (Phi) is 4.59. The molecule has 1 aliphatic heterocycles. The van der Waals surface area contributed by atoms with Crippen LogP contribution in [0.2, 0.25) is 0 Å². The summed E-state index contributed by atoms with van der Waals surface area (Å²) in [7, 11) is 0. The number of pyridine rings is 1. The maximum absolute atomic E-state index is 13.8. The molecule has 1 saturated heterocycles. The largest absolute Gasteiger partial charge is 0.346 e. The van der Waals surface area contributed by atoms with Gasteiger partial charge in [0.15, 0.2) is 5.82 Å². The number of piperidine rings is 1. The van der Waals surface area contributed by atoms with Gasteiger partial charge in [-0.2, -0.15) is 0 Å². The summed E-state index contributed by atoms with van der Waals surface area (Å²) in [6.45, 7) is 3.78. The number of aromatic nitrogens is 4. The molecule has 0 unspecified atom stereocenters. The van der Waals surface area contributed by atoms with Crippen molar-refractivity contribution >= 4 is 28.6 Å². The van der Waals surface area contributed by atoms with Crippen LogP contribution in [0.3, 0.4) is 0 Å². The third-order valence-electron chi connectivity index (χ3n) is 5.28. The lowest BCUT2D eigenvalue weighted by Crippen LogP contribution is -2.52. The number of carbonyl (C=O) groups excluding carboxylic acids is 1. The summed E-state index contributed by atoms with van der Waals surface area (Å²) in [6, 6.07) is 5.66. The van der Waals surface area contributed by atoms with E-state index in [0.717, 1.165) is 24.0 Å². The summed E-state index contributed by atoms with van der Waals surface area (Å²) in [5, 5.41) is 4.08. The van der Waals surface area contributed by atoms with E-state index in [0.29, 0.717) is 30.1 Å². The SMILES string of the molecule is Cc1ccc(N(C(=O)C2(CN)CCNCC2)c2ncnc3[nH]ccc23)nc1. The minimum Gasteiger partial charge on any atom is -0.346 e. The fourth-order valence-electron chi connectivity index (χ4n) is 3.59. The first-order valence-electron chi connectivity index (χ1n) is 9.11. The summed E-state index contributed by atoms with van der Waals surface area (Å²) >= 11 is 0. The molecular formula is C19H23N7O. The Hall–Kier alpha value is -2.84. The molecule has 0 aromatic carbocycles. The summed E-state index contributed by atoms with van der Waals surface area (Å²) < 4.78 is 0. The quantitative estimate of drug-likeness (QED) is 0.648. The van der Waals surface area contributed by atoms with Crippen molar-refractivity contribution in [1.29, 1.82) is 0 Å². The molecule has 0 aliphatic carbocycles. The molecule has 3 aromatic rings. The lowest BCUT2D eigenvalue weighted by Gasteiger charge is -2.38. The molecule has 4 N–H and O–H groups in total. The van der Waals surface area contributed by atoms with Gasteiger partial charge in [0, 0.05) is 18.9 Å². The highest BCUT2D eigenvalue weighted by Crippen LogP contribution is 2.36. The van der Waals surface area contributed by atoms with Gasteiger partial charge in [0.1, 0.15) is 17.8 Å². The molecule has 1 fully saturated rings. The topological polar surface area (TPSA) is 113 Å². The number of fused-ring (bicyclic) bond motifs is 1. The zero-order chi connectivity index (χ0) is 18.9. The predicted molar refractivity (Wildman–Crippen MR) is 104 cm³/mol. The number of nitrogens with one attached hydrogen (secondary N) is 2. The second-order valence-corrected chi connectivity index (χ2v) is 7.01. The van der Waals surface area contributed by atoms with E-state index >= 15 is 0 Å². The molecule has 0 atom stereocenters. The summed E-state index contributed by atoms with van der Waals surface area (Å²) in [5.41, 5.74) is 7.18. The van der Waals surface area contributed by atoms with Gasteiger partial charge in [0.25, 0.3) is 0 Å². The number of nitrogens with two attached hydrogens (primary N) is 1. The fraction of sp³-hybridized carbons (Fsp3) is 0.368. The van der Waals surface area contributed by atoms with Crippen LogP contribution in [0.15, 0.2) is 36.9 Å². The third kappa shape index (κ3) is 3.07. The number of nitrogens with zero attached hydrogens (tertiary/aromatic N) is 4. The van der Waals surface area contributed by atoms with E-state index in [-0.39, 0.29) is 12.5 Å². The number of hydrogen-bond acceptors (Lipinski definition) is 6. The number of aromatic amines is 1. The minimum absolute atomic E-state index is 0.0657. The van der Waals surface area contributed by atoms with E-state index < -0.39 is 5.41 Å². The van der Waals surface area contributed by atoms with Crippen molar-refractivity contribution in [3.63, 3.8) is 0 Å². The molecular weight excluding hydrogens is 342 g/mol. The van der Waals surface area contributed by atoms with Crippen LogP contribution in [0.1, 0.15) is 18.4 Å². The fourth-order valence-corrected chi connectivity index (χ4v) is 3.59. The summed E-state index contributed by atoms with van der Waals surface area (Å²) in [5.74, 6) is 0.996. The van der Waals surface area contributed by atoms with Crippen LogP contribution < -0.4 is 16.0 Å². The zero-order valence-electron chi connectivity index (χ0n) is 15.3. The summed E-state index contributed by atoms with van der Waals surface area (Å²) in [6.07, 6.45) is 6.37.